The van der Waals surface area contributed by atoms with E-state index in [0.717, 1.165) is 4.90 Å². The van der Waals surface area contributed by atoms with E-state index in [2.05, 4.69) is 20.6 Å². The molecule has 0 atom stereocenters. The molecule has 0 unspecified atom stereocenters. The number of anilines is 3. The number of carbonyl (C=O) groups excluding carboxylic acids is 1. The zero-order chi connectivity index (χ0) is 23.8. The van der Waals surface area contributed by atoms with E-state index in [1.165, 1.54) is 30.3 Å². The maximum atomic E-state index is 14.7. The number of hydrogen-bond acceptors (Lipinski definition) is 6. The van der Waals surface area contributed by atoms with Crippen LogP contribution in [0.15, 0.2) is 42.5 Å². The van der Waals surface area contributed by atoms with Crippen molar-refractivity contribution in [1.29, 1.82) is 0 Å². The first kappa shape index (κ1) is 22.6. The average Bonchev–Trinajstić information content (AvgIpc) is 2.79. The molecular formula is C23H23F2N5O3. The van der Waals surface area contributed by atoms with Crippen LogP contribution in [0.2, 0.25) is 0 Å². The molecule has 0 saturated heterocycles. The Kier molecular flexibility index (Phi) is 5.96. The van der Waals surface area contributed by atoms with Crippen LogP contribution in [0.4, 0.5) is 31.0 Å². The minimum atomic E-state index is -1.16. The summed E-state index contributed by atoms with van der Waals surface area (Å²) >= 11 is 0. The van der Waals surface area contributed by atoms with E-state index >= 15 is 0 Å². The third-order valence-electron chi connectivity index (χ3n) is 5.47. The van der Waals surface area contributed by atoms with Gasteiger partial charge in [-0.2, -0.15) is 4.98 Å². The standard InChI is InChI=1S/C23H23F2N5O3/c1-13-9-14(24)7-8-15(13)19-16-10-26-22(33)30(18-6-4-3-5-17(18)25)20(16)28-21(27-19)29-23(2,11-31)12-32/h3-9,31-32H,10-12H2,1-2H3,(H,26,33)(H,27,28,29). The molecule has 1 aliphatic heterocycles. The maximum absolute atomic E-state index is 14.7. The summed E-state index contributed by atoms with van der Waals surface area (Å²) in [6, 6.07) is 9.44. The summed E-state index contributed by atoms with van der Waals surface area (Å²) in [4.78, 5) is 22.9. The van der Waals surface area contributed by atoms with Crippen molar-refractivity contribution in [3.63, 3.8) is 0 Å². The van der Waals surface area contributed by atoms with Crippen molar-refractivity contribution in [3.8, 4) is 11.3 Å². The topological polar surface area (TPSA) is 111 Å². The van der Waals surface area contributed by atoms with E-state index < -0.39 is 36.4 Å². The number of para-hydroxylation sites is 1. The fourth-order valence-electron chi connectivity index (χ4n) is 3.59. The summed E-state index contributed by atoms with van der Waals surface area (Å²) < 4.78 is 28.4. The van der Waals surface area contributed by atoms with Crippen LogP contribution >= 0.6 is 0 Å². The number of halogens is 2. The van der Waals surface area contributed by atoms with E-state index in [9.17, 15) is 23.8 Å². The molecule has 2 aromatic carbocycles. The Hall–Kier alpha value is -3.63. The molecule has 1 aliphatic rings. The summed E-state index contributed by atoms with van der Waals surface area (Å²) in [7, 11) is 0. The first-order valence-corrected chi connectivity index (χ1v) is 10.3. The van der Waals surface area contributed by atoms with Gasteiger partial charge in [-0.25, -0.2) is 23.5 Å². The number of urea groups is 1. The third kappa shape index (κ3) is 4.22. The van der Waals surface area contributed by atoms with Gasteiger partial charge < -0.3 is 20.8 Å². The van der Waals surface area contributed by atoms with Crippen LogP contribution in [0.5, 0.6) is 0 Å². The van der Waals surface area contributed by atoms with Gasteiger partial charge in [0.1, 0.15) is 11.6 Å². The summed E-state index contributed by atoms with van der Waals surface area (Å²) in [5.41, 5.74) is 0.936. The molecule has 10 heteroatoms. The van der Waals surface area contributed by atoms with Gasteiger partial charge in [0.2, 0.25) is 5.95 Å². The first-order valence-electron chi connectivity index (χ1n) is 10.3. The largest absolute Gasteiger partial charge is 0.394 e. The average molecular weight is 455 g/mol. The molecule has 2 amide bonds. The van der Waals surface area contributed by atoms with E-state index in [1.807, 2.05) is 0 Å². The van der Waals surface area contributed by atoms with E-state index in [4.69, 9.17) is 0 Å². The van der Waals surface area contributed by atoms with Crippen LogP contribution in [0.1, 0.15) is 18.1 Å². The number of aliphatic hydroxyl groups is 2. The highest BCUT2D eigenvalue weighted by atomic mass is 19.1. The predicted molar refractivity (Wildman–Crippen MR) is 119 cm³/mol. The van der Waals surface area contributed by atoms with Crippen molar-refractivity contribution in [2.45, 2.75) is 25.9 Å². The van der Waals surface area contributed by atoms with Gasteiger partial charge >= 0.3 is 6.03 Å². The number of aromatic nitrogens is 2. The molecule has 4 N–H and O–H groups in total. The lowest BCUT2D eigenvalue weighted by Gasteiger charge is -2.32. The van der Waals surface area contributed by atoms with Gasteiger partial charge in [-0.1, -0.05) is 12.1 Å². The van der Waals surface area contributed by atoms with Gasteiger partial charge in [-0.05, 0) is 49.7 Å². The number of aryl methyl sites for hydroxylation is 1. The molecule has 33 heavy (non-hydrogen) atoms. The van der Waals surface area contributed by atoms with Gasteiger partial charge in [0.15, 0.2) is 5.82 Å². The lowest BCUT2D eigenvalue weighted by atomic mass is 10.00. The second kappa shape index (κ2) is 8.72. The van der Waals surface area contributed by atoms with Crippen molar-refractivity contribution < 1.29 is 23.8 Å². The number of benzene rings is 2. The highest BCUT2D eigenvalue weighted by Crippen LogP contribution is 2.38. The molecule has 3 aromatic rings. The van der Waals surface area contributed by atoms with Gasteiger partial charge in [-0.3, -0.25) is 0 Å². The van der Waals surface area contributed by atoms with Crippen molar-refractivity contribution in [2.75, 3.05) is 23.4 Å². The monoisotopic (exact) mass is 455 g/mol. The summed E-state index contributed by atoms with van der Waals surface area (Å²) in [6.07, 6.45) is 0. The normalized spacial score (nSPS) is 13.5. The third-order valence-corrected chi connectivity index (χ3v) is 5.47. The number of fused-ring (bicyclic) bond motifs is 1. The quantitative estimate of drug-likeness (QED) is 0.454. The lowest BCUT2D eigenvalue weighted by molar-refractivity contribution is 0.147. The molecule has 0 fully saturated rings. The van der Waals surface area contributed by atoms with Crippen molar-refractivity contribution >= 4 is 23.5 Å². The van der Waals surface area contributed by atoms with Gasteiger partial charge in [0.25, 0.3) is 0 Å². The molecular weight excluding hydrogens is 432 g/mol. The van der Waals surface area contributed by atoms with Crippen LogP contribution in [-0.4, -0.2) is 45.0 Å². The number of nitrogens with one attached hydrogen (secondary N) is 2. The first-order chi connectivity index (χ1) is 15.8. The van der Waals surface area contributed by atoms with Crippen LogP contribution in [0.25, 0.3) is 11.3 Å². The SMILES string of the molecule is Cc1cc(F)ccc1-c1nc(NC(C)(CO)CO)nc2c1CNC(=O)N2c1ccccc1F. The summed E-state index contributed by atoms with van der Waals surface area (Å²) in [5.74, 6) is -0.886. The van der Waals surface area contributed by atoms with Gasteiger partial charge in [0, 0.05) is 11.1 Å². The van der Waals surface area contributed by atoms with E-state index in [1.54, 1.807) is 26.0 Å². The van der Waals surface area contributed by atoms with Crippen molar-refractivity contribution in [1.82, 2.24) is 15.3 Å². The van der Waals surface area contributed by atoms with E-state index in [0.29, 0.717) is 22.4 Å². The molecule has 1 aromatic heterocycles. The summed E-state index contributed by atoms with van der Waals surface area (Å²) in [6.45, 7) is 2.52. The Morgan fingerprint density at radius 2 is 1.88 bits per heavy atom. The fourth-order valence-corrected chi connectivity index (χ4v) is 3.59. The Balaban J connectivity index is 1.97. The van der Waals surface area contributed by atoms with Crippen LogP contribution in [-0.2, 0) is 6.54 Å². The molecule has 0 radical (unpaired) electrons. The zero-order valence-corrected chi connectivity index (χ0v) is 18.1. The molecule has 0 spiro atoms. The number of carbonyl (C=O) groups is 1. The minimum Gasteiger partial charge on any atom is -0.394 e. The highest BCUT2D eigenvalue weighted by molar-refractivity contribution is 6.02. The van der Waals surface area contributed by atoms with Crippen LogP contribution in [0, 0.1) is 18.6 Å². The van der Waals surface area contributed by atoms with Crippen molar-refractivity contribution in [2.24, 2.45) is 0 Å². The molecule has 4 rings (SSSR count). The highest BCUT2D eigenvalue weighted by Gasteiger charge is 2.33. The molecule has 0 bridgehead atoms. The van der Waals surface area contributed by atoms with Crippen molar-refractivity contribution in [3.05, 3.63) is 65.2 Å². The maximum Gasteiger partial charge on any atom is 0.328 e. The molecule has 8 nitrogen and oxygen atoms in total. The molecule has 0 saturated carbocycles. The Morgan fingerprint density at radius 1 is 1.15 bits per heavy atom. The number of hydrogen-bond donors (Lipinski definition) is 4. The lowest BCUT2D eigenvalue weighted by Crippen LogP contribution is -2.45. The fraction of sp³-hybridized carbons (Fsp3) is 0.261. The number of rotatable bonds is 6. The Morgan fingerprint density at radius 3 is 2.55 bits per heavy atom. The second-order valence-electron chi connectivity index (χ2n) is 8.10. The van der Waals surface area contributed by atoms with E-state index in [-0.39, 0.29) is 24.0 Å². The Labute approximate surface area is 188 Å². The minimum absolute atomic E-state index is 0.00513. The van der Waals surface area contributed by atoms with Gasteiger partial charge in [-0.15, -0.1) is 0 Å². The molecule has 172 valence electrons. The smallest absolute Gasteiger partial charge is 0.328 e. The predicted octanol–water partition coefficient (Wildman–Crippen LogP) is 3.25. The second-order valence-corrected chi connectivity index (χ2v) is 8.10. The van der Waals surface area contributed by atoms with Crippen LogP contribution < -0.4 is 15.5 Å². The number of amides is 2. The zero-order valence-electron chi connectivity index (χ0n) is 18.1. The van der Waals surface area contributed by atoms with Gasteiger partial charge in [0.05, 0.1) is 36.7 Å². The Bertz CT molecular complexity index is 1220. The summed E-state index contributed by atoms with van der Waals surface area (Å²) in [5, 5.41) is 25.0. The molecule has 0 aliphatic carbocycles. The van der Waals surface area contributed by atoms with Crippen LogP contribution in [0.3, 0.4) is 0 Å². The number of aliphatic hydroxyl groups excluding tert-OH is 2. The number of nitrogens with zero attached hydrogens (tertiary/aromatic N) is 3. The molecule has 2 heterocycles.